The van der Waals surface area contributed by atoms with Crippen LogP contribution in [0, 0.1) is 24.1 Å². The van der Waals surface area contributed by atoms with Crippen LogP contribution < -0.4 is 30.5 Å². The third-order valence-corrected chi connectivity index (χ3v) is 19.3. The number of nitrogens with one attached hydrogen (secondary N) is 3. The van der Waals surface area contributed by atoms with Crippen molar-refractivity contribution in [3.63, 3.8) is 0 Å². The Kier molecular flexibility index (Phi) is 17.4. The molecular weight excluding hydrogens is 1120 g/mol. The van der Waals surface area contributed by atoms with Crippen molar-refractivity contribution in [3.8, 4) is 33.5 Å². The average molecular weight is 1200 g/mol. The van der Waals surface area contributed by atoms with E-state index in [4.69, 9.17) is 19.7 Å². The second-order valence-corrected chi connectivity index (χ2v) is 26.2. The number of rotatable bonds is 17. The van der Waals surface area contributed by atoms with Crippen molar-refractivity contribution >= 4 is 62.4 Å². The lowest BCUT2D eigenvalue weighted by atomic mass is 9.85. The smallest absolute Gasteiger partial charge is 0.319 e. The van der Waals surface area contributed by atoms with E-state index in [1.807, 2.05) is 82.6 Å². The number of aliphatic hydroxyl groups is 1. The normalized spacial score (nSPS) is 21.2. The van der Waals surface area contributed by atoms with Gasteiger partial charge in [-0.15, -0.1) is 11.3 Å². The molecule has 87 heavy (non-hydrogen) atoms. The number of fused-ring (bicyclic) bond motifs is 4. The number of carbonyl (C=O) groups excluding carboxylic acids is 3. The number of benzene rings is 3. The molecule has 6 atom stereocenters. The molecule has 5 aliphatic rings. The van der Waals surface area contributed by atoms with Crippen LogP contribution >= 0.6 is 11.3 Å². The predicted molar refractivity (Wildman–Crippen MR) is 334 cm³/mol. The van der Waals surface area contributed by atoms with Gasteiger partial charge in [-0.05, 0) is 110 Å². The van der Waals surface area contributed by atoms with Crippen LogP contribution in [0.1, 0.15) is 100 Å². The summed E-state index contributed by atoms with van der Waals surface area (Å²) in [5.41, 5.74) is 5.88. The van der Waals surface area contributed by atoms with Crippen LogP contribution in [0.3, 0.4) is 0 Å². The molecule has 0 radical (unpaired) electrons. The van der Waals surface area contributed by atoms with Gasteiger partial charge in [-0.2, -0.15) is 9.97 Å². The van der Waals surface area contributed by atoms with Gasteiger partial charge in [0.2, 0.25) is 11.8 Å². The number of hydrogen-bond acceptors (Lipinski definition) is 18. The zero-order valence-electron chi connectivity index (χ0n) is 50.5. The molecule has 5 fully saturated rings. The van der Waals surface area contributed by atoms with Gasteiger partial charge in [0, 0.05) is 89.2 Å². The van der Waals surface area contributed by atoms with Crippen LogP contribution in [0.5, 0.6) is 11.8 Å². The standard InChI is InChI=1S/C65H79FN14O6S/c1-7-41-9-8-10-44-27-47(81)28-49(54(41)44)56-55(66)57-50(30-69-56)60(79-34-45-15-16-46(35-79)72-45)75-64(73-57)86-26-25-76-19-17-40(18-20-76)33-77-21-23-78(24-22-77)53-32-67-51(31-68-53)61(83)74-59(65(4,5)6)63(85)80-36-48(82)29-52(80)62(84)71-38(2)42-11-13-43(14-12-42)58-39(3)70-37-87-58/h8-14,27-28,30-32,37-38,40,45-46,48,52,59,72,81-82H,7,15-26,29,33-36H2,1-6H3,(H,71,84)(H,74,83)/t38?,45?,46?,48-,52+,59?/m1/s1. The lowest BCUT2D eigenvalue weighted by Crippen LogP contribution is -2.58. The third-order valence-electron chi connectivity index (χ3n) is 18.3. The number of carbonyl (C=O) groups is 3. The number of amides is 3. The summed E-state index contributed by atoms with van der Waals surface area (Å²) in [6.45, 7) is 20.1. The van der Waals surface area contributed by atoms with Crippen molar-refractivity contribution in [2.24, 2.45) is 11.3 Å². The monoisotopic (exact) mass is 1200 g/mol. The van der Waals surface area contributed by atoms with Crippen LogP contribution in [0.15, 0.2) is 78.7 Å². The van der Waals surface area contributed by atoms with Gasteiger partial charge in [-0.3, -0.25) is 29.2 Å². The molecule has 5 N–H and O–H groups in total. The van der Waals surface area contributed by atoms with E-state index < -0.39 is 41.2 Å². The minimum Gasteiger partial charge on any atom is -0.508 e. The van der Waals surface area contributed by atoms with E-state index in [1.165, 1.54) is 11.1 Å². The number of hydrogen-bond donors (Lipinski definition) is 5. The molecule has 458 valence electrons. The number of ether oxygens (including phenoxy) is 1. The molecule has 9 heterocycles. The number of thiazole rings is 1. The molecule has 0 spiro atoms. The minimum atomic E-state index is -1.03. The maximum Gasteiger partial charge on any atom is 0.319 e. The first-order valence-electron chi connectivity index (χ1n) is 30.8. The fraction of sp³-hybridized carbons (Fsp3) is 0.492. The number of β-amino-alcohol motifs (C(OH)–C–C–N with tert-alkyl or cyclic N) is 1. The van der Waals surface area contributed by atoms with Gasteiger partial charge in [-0.1, -0.05) is 70.2 Å². The fourth-order valence-corrected chi connectivity index (χ4v) is 14.3. The largest absolute Gasteiger partial charge is 0.508 e. The Bertz CT molecular complexity index is 3630. The Morgan fingerprint density at radius 3 is 2.31 bits per heavy atom. The predicted octanol–water partition coefficient (Wildman–Crippen LogP) is 7.31. The highest BCUT2D eigenvalue weighted by atomic mass is 32.1. The molecule has 2 bridgehead atoms. The second kappa shape index (κ2) is 25.3. The molecule has 4 unspecified atom stereocenters. The van der Waals surface area contributed by atoms with E-state index in [9.17, 15) is 24.6 Å². The van der Waals surface area contributed by atoms with Gasteiger partial charge < -0.3 is 45.6 Å². The van der Waals surface area contributed by atoms with E-state index in [0.29, 0.717) is 53.7 Å². The van der Waals surface area contributed by atoms with Gasteiger partial charge in [0.1, 0.15) is 53.0 Å². The molecule has 0 saturated carbocycles. The summed E-state index contributed by atoms with van der Waals surface area (Å²) >= 11 is 1.58. The molecule has 3 aromatic carbocycles. The summed E-state index contributed by atoms with van der Waals surface area (Å²) in [5.74, 6) is -0.0701. The van der Waals surface area contributed by atoms with Crippen molar-refractivity contribution in [3.05, 3.63) is 107 Å². The molecule has 22 heteroatoms. The Morgan fingerprint density at radius 1 is 0.862 bits per heavy atom. The van der Waals surface area contributed by atoms with Crippen molar-refractivity contribution < 1.29 is 33.7 Å². The van der Waals surface area contributed by atoms with Gasteiger partial charge in [0.15, 0.2) is 5.82 Å². The summed E-state index contributed by atoms with van der Waals surface area (Å²) in [6, 6.07) is 15.6. The summed E-state index contributed by atoms with van der Waals surface area (Å²) in [6.07, 6.45) is 8.93. The van der Waals surface area contributed by atoms with Gasteiger partial charge in [-0.25, -0.2) is 19.3 Å². The molecule has 5 aliphatic heterocycles. The quantitative estimate of drug-likeness (QED) is 0.0602. The molecular formula is C65H79FN14O6S. The highest BCUT2D eigenvalue weighted by molar-refractivity contribution is 7.13. The van der Waals surface area contributed by atoms with E-state index in [0.717, 1.165) is 129 Å². The van der Waals surface area contributed by atoms with Crippen molar-refractivity contribution in [2.75, 3.05) is 88.4 Å². The highest BCUT2D eigenvalue weighted by Crippen LogP contribution is 2.40. The second-order valence-electron chi connectivity index (χ2n) is 25.4. The number of piperidine rings is 1. The van der Waals surface area contributed by atoms with E-state index in [-0.39, 0.29) is 53.6 Å². The van der Waals surface area contributed by atoms with Crippen LogP contribution in [-0.2, 0) is 16.0 Å². The van der Waals surface area contributed by atoms with Crippen molar-refractivity contribution in [1.29, 1.82) is 0 Å². The Labute approximate surface area is 511 Å². The van der Waals surface area contributed by atoms with Crippen molar-refractivity contribution in [1.82, 2.24) is 60.6 Å². The molecule has 12 rings (SSSR count). The average Bonchev–Trinajstić information content (AvgIpc) is 2.69. The zero-order valence-corrected chi connectivity index (χ0v) is 51.3. The highest BCUT2D eigenvalue weighted by Gasteiger charge is 2.45. The van der Waals surface area contributed by atoms with Crippen molar-refractivity contribution in [2.45, 2.75) is 116 Å². The number of aromatic hydroxyl groups is 1. The molecule has 7 aromatic rings. The van der Waals surface area contributed by atoms with E-state index >= 15 is 4.39 Å². The fourth-order valence-electron chi connectivity index (χ4n) is 13.5. The molecule has 3 amide bonds. The zero-order chi connectivity index (χ0) is 60.7. The maximum atomic E-state index is 17.1. The third kappa shape index (κ3) is 12.9. The minimum absolute atomic E-state index is 0.0350. The number of aryl methyl sites for hydroxylation is 2. The Hall–Kier alpha value is -7.50. The van der Waals surface area contributed by atoms with Gasteiger partial charge in [0.05, 0.1) is 46.0 Å². The first kappa shape index (κ1) is 59.8. The first-order valence-corrected chi connectivity index (χ1v) is 31.7. The number of nitrogens with zero attached hydrogens (tertiary/aromatic N) is 11. The topological polar surface area (TPSA) is 231 Å². The number of aliphatic hydroxyl groups excluding tert-OH is 1. The summed E-state index contributed by atoms with van der Waals surface area (Å²) in [5, 5.41) is 33.4. The van der Waals surface area contributed by atoms with E-state index in [1.54, 1.807) is 35.9 Å². The molecule has 20 nitrogen and oxygen atoms in total. The number of piperazine rings is 2. The maximum absolute atomic E-state index is 17.1. The number of anilines is 2. The number of phenols is 1. The summed E-state index contributed by atoms with van der Waals surface area (Å²) in [7, 11) is 0. The number of phenolic OH excluding ortho intramolecular Hbond substituents is 1. The summed E-state index contributed by atoms with van der Waals surface area (Å²) in [4.78, 5) is 81.8. The van der Waals surface area contributed by atoms with Gasteiger partial charge in [0.25, 0.3) is 5.91 Å². The SMILES string of the molecule is CCc1cccc2cc(O)cc(-c3ncc4c(N5CC6CCC(C5)N6)nc(OCCN5CCC(CN6CCN(c7cnc(C(=O)NC(C(=O)N8C[C@H](O)C[C@H]8C(=O)NC(C)c8ccc(-c9scnc9C)cc8)C(C)(C)C)cn7)CC6)CC5)nc4c3F)c12. The molecule has 4 aromatic heterocycles. The molecule has 5 saturated heterocycles. The summed E-state index contributed by atoms with van der Waals surface area (Å²) < 4.78 is 23.5. The number of pyridine rings is 1. The van der Waals surface area contributed by atoms with Crippen LogP contribution in [0.2, 0.25) is 0 Å². The number of likely N-dealkylation sites (tertiary alicyclic amines) is 2. The van der Waals surface area contributed by atoms with Crippen LogP contribution in [-0.4, -0.2) is 181 Å². The van der Waals surface area contributed by atoms with Crippen LogP contribution in [0.25, 0.3) is 43.4 Å². The Morgan fingerprint density at radius 2 is 1.62 bits per heavy atom. The molecule has 0 aliphatic carbocycles. The number of halogens is 1. The lowest BCUT2D eigenvalue weighted by Gasteiger charge is -2.39. The number of aromatic nitrogens is 6. The van der Waals surface area contributed by atoms with Gasteiger partial charge >= 0.3 is 6.01 Å². The van der Waals surface area contributed by atoms with Crippen LogP contribution in [0.4, 0.5) is 16.0 Å². The van der Waals surface area contributed by atoms with E-state index in [2.05, 4.69) is 57.4 Å². The first-order chi connectivity index (χ1) is 41.9. The lowest BCUT2D eigenvalue weighted by molar-refractivity contribution is -0.142. The Balaban J connectivity index is 0.616.